The van der Waals surface area contributed by atoms with Gasteiger partial charge in [0.2, 0.25) is 0 Å². The van der Waals surface area contributed by atoms with E-state index in [1.165, 1.54) is 11.8 Å². The van der Waals surface area contributed by atoms with Crippen LogP contribution in [0.5, 0.6) is 11.5 Å². The average Bonchev–Trinajstić information content (AvgIpc) is 2.75. The molecule has 1 N–H and O–H groups in total. The highest BCUT2D eigenvalue weighted by Gasteiger charge is 2.21. The number of ether oxygens (including phenoxy) is 1. The van der Waals surface area contributed by atoms with E-state index in [1.54, 1.807) is 10.9 Å². The summed E-state index contributed by atoms with van der Waals surface area (Å²) in [7, 11) is 0. The van der Waals surface area contributed by atoms with E-state index in [1.807, 2.05) is 18.2 Å². The number of benzene rings is 1. The van der Waals surface area contributed by atoms with Crippen molar-refractivity contribution < 1.29 is 9.84 Å². The number of aromatic hydroxyl groups is 1. The Hall–Kier alpha value is -1.97. The molecule has 0 radical (unpaired) electrons. The molecule has 4 nitrogen and oxygen atoms in total. The minimum absolute atomic E-state index is 0.213. The number of para-hydroxylation sites is 1. The van der Waals surface area contributed by atoms with Crippen molar-refractivity contribution >= 4 is 0 Å². The standard InChI is InChI=1S/C13H14N2O2/c16-11-7-14-15(9-11)8-10-5-6-17-13-4-2-1-3-12(10)13/h1-4,7,9-10,16H,5-6,8H2. The van der Waals surface area contributed by atoms with Crippen LogP contribution in [0.4, 0.5) is 0 Å². The van der Waals surface area contributed by atoms with Gasteiger partial charge in [-0.1, -0.05) is 18.2 Å². The third-order valence-electron chi connectivity index (χ3n) is 3.11. The number of fused-ring (bicyclic) bond motifs is 1. The summed E-state index contributed by atoms with van der Waals surface area (Å²) >= 11 is 0. The van der Waals surface area contributed by atoms with Gasteiger partial charge in [-0.05, 0) is 18.1 Å². The van der Waals surface area contributed by atoms with Gasteiger partial charge in [0.1, 0.15) is 5.75 Å². The van der Waals surface area contributed by atoms with Crippen LogP contribution < -0.4 is 4.74 Å². The van der Waals surface area contributed by atoms with Crippen molar-refractivity contribution in [2.75, 3.05) is 6.61 Å². The normalized spacial score (nSPS) is 18.5. The average molecular weight is 230 g/mol. The molecular weight excluding hydrogens is 216 g/mol. The second-order valence-corrected chi connectivity index (χ2v) is 4.29. The maximum absolute atomic E-state index is 9.27. The van der Waals surface area contributed by atoms with Crippen molar-refractivity contribution in [2.24, 2.45) is 0 Å². The molecule has 1 atom stereocenters. The minimum Gasteiger partial charge on any atom is -0.505 e. The molecule has 1 aliphatic heterocycles. The van der Waals surface area contributed by atoms with E-state index in [0.717, 1.165) is 25.3 Å². The van der Waals surface area contributed by atoms with E-state index >= 15 is 0 Å². The Kier molecular flexibility index (Phi) is 2.48. The maximum atomic E-state index is 9.27. The third-order valence-corrected chi connectivity index (χ3v) is 3.11. The van der Waals surface area contributed by atoms with Crippen LogP contribution >= 0.6 is 0 Å². The molecule has 1 aromatic heterocycles. The molecule has 0 amide bonds. The first kappa shape index (κ1) is 10.2. The lowest BCUT2D eigenvalue weighted by molar-refractivity contribution is 0.256. The fourth-order valence-corrected chi connectivity index (χ4v) is 2.28. The molecule has 0 bridgehead atoms. The molecule has 2 aromatic rings. The van der Waals surface area contributed by atoms with Gasteiger partial charge in [0.15, 0.2) is 5.75 Å². The Morgan fingerprint density at radius 2 is 2.29 bits per heavy atom. The summed E-state index contributed by atoms with van der Waals surface area (Å²) < 4.78 is 7.40. The highest BCUT2D eigenvalue weighted by atomic mass is 16.5. The van der Waals surface area contributed by atoms with Crippen LogP contribution in [-0.2, 0) is 6.54 Å². The van der Waals surface area contributed by atoms with E-state index in [9.17, 15) is 5.11 Å². The van der Waals surface area contributed by atoms with Crippen LogP contribution in [0.15, 0.2) is 36.7 Å². The highest BCUT2D eigenvalue weighted by Crippen LogP contribution is 2.34. The lowest BCUT2D eigenvalue weighted by Crippen LogP contribution is -2.18. The molecule has 1 unspecified atom stereocenters. The molecule has 0 aliphatic carbocycles. The lowest BCUT2D eigenvalue weighted by Gasteiger charge is -2.25. The SMILES string of the molecule is Oc1cnn(CC2CCOc3ccccc32)c1. The smallest absolute Gasteiger partial charge is 0.153 e. The molecule has 1 aliphatic rings. The molecular formula is C13H14N2O2. The summed E-state index contributed by atoms with van der Waals surface area (Å²) in [4.78, 5) is 0. The van der Waals surface area contributed by atoms with Gasteiger partial charge in [0, 0.05) is 12.5 Å². The van der Waals surface area contributed by atoms with E-state index in [0.29, 0.717) is 5.92 Å². The first-order valence-electron chi connectivity index (χ1n) is 5.76. The van der Waals surface area contributed by atoms with Crippen LogP contribution in [0.2, 0.25) is 0 Å². The number of rotatable bonds is 2. The van der Waals surface area contributed by atoms with Gasteiger partial charge < -0.3 is 9.84 Å². The molecule has 1 aromatic carbocycles. The predicted molar refractivity (Wildman–Crippen MR) is 63.2 cm³/mol. The van der Waals surface area contributed by atoms with Crippen LogP contribution in [0.3, 0.4) is 0 Å². The van der Waals surface area contributed by atoms with Gasteiger partial charge in [-0.15, -0.1) is 0 Å². The van der Waals surface area contributed by atoms with Crippen LogP contribution in [0.25, 0.3) is 0 Å². The Morgan fingerprint density at radius 1 is 1.41 bits per heavy atom. The Bertz CT molecular complexity index is 522. The zero-order valence-electron chi connectivity index (χ0n) is 9.41. The van der Waals surface area contributed by atoms with Gasteiger partial charge in [-0.2, -0.15) is 5.10 Å². The lowest BCUT2D eigenvalue weighted by atomic mass is 9.93. The van der Waals surface area contributed by atoms with E-state index in [-0.39, 0.29) is 5.75 Å². The maximum Gasteiger partial charge on any atom is 0.153 e. The fraction of sp³-hybridized carbons (Fsp3) is 0.308. The Labute approximate surface area is 99.5 Å². The van der Waals surface area contributed by atoms with Gasteiger partial charge in [-0.25, -0.2) is 0 Å². The van der Waals surface area contributed by atoms with Crippen molar-refractivity contribution in [3.05, 3.63) is 42.2 Å². The second-order valence-electron chi connectivity index (χ2n) is 4.29. The number of hydrogen-bond donors (Lipinski definition) is 1. The monoisotopic (exact) mass is 230 g/mol. The van der Waals surface area contributed by atoms with Crippen LogP contribution in [-0.4, -0.2) is 21.5 Å². The summed E-state index contributed by atoms with van der Waals surface area (Å²) in [5.41, 5.74) is 1.23. The number of nitrogens with zero attached hydrogens (tertiary/aromatic N) is 2. The molecule has 4 heteroatoms. The zero-order chi connectivity index (χ0) is 11.7. The second kappa shape index (κ2) is 4.13. The van der Waals surface area contributed by atoms with Gasteiger partial charge in [0.25, 0.3) is 0 Å². The van der Waals surface area contributed by atoms with Crippen molar-refractivity contribution in [1.82, 2.24) is 9.78 Å². The summed E-state index contributed by atoms with van der Waals surface area (Å²) in [5.74, 6) is 1.59. The molecule has 88 valence electrons. The summed E-state index contributed by atoms with van der Waals surface area (Å²) in [6.45, 7) is 1.52. The molecule has 2 heterocycles. The van der Waals surface area contributed by atoms with Crippen molar-refractivity contribution in [3.8, 4) is 11.5 Å². The van der Waals surface area contributed by atoms with Crippen LogP contribution in [0, 0.1) is 0 Å². The van der Waals surface area contributed by atoms with Crippen molar-refractivity contribution in [1.29, 1.82) is 0 Å². The molecule has 0 saturated carbocycles. The first-order chi connectivity index (χ1) is 8.33. The number of aromatic nitrogens is 2. The molecule has 0 fully saturated rings. The van der Waals surface area contributed by atoms with Crippen molar-refractivity contribution in [3.63, 3.8) is 0 Å². The minimum atomic E-state index is 0.213. The predicted octanol–water partition coefficient (Wildman–Crippen LogP) is 2.16. The quantitative estimate of drug-likeness (QED) is 0.860. The molecule has 0 spiro atoms. The van der Waals surface area contributed by atoms with E-state index in [4.69, 9.17) is 4.74 Å². The zero-order valence-corrected chi connectivity index (χ0v) is 9.41. The summed E-state index contributed by atoms with van der Waals surface area (Å²) in [6, 6.07) is 8.12. The van der Waals surface area contributed by atoms with Gasteiger partial charge in [0.05, 0.1) is 19.0 Å². The topological polar surface area (TPSA) is 47.3 Å². The fourth-order valence-electron chi connectivity index (χ4n) is 2.28. The Morgan fingerprint density at radius 3 is 3.12 bits per heavy atom. The largest absolute Gasteiger partial charge is 0.505 e. The Balaban J connectivity index is 1.85. The summed E-state index contributed by atoms with van der Waals surface area (Å²) in [5, 5.41) is 13.4. The highest BCUT2D eigenvalue weighted by molar-refractivity contribution is 5.37. The van der Waals surface area contributed by atoms with Gasteiger partial charge >= 0.3 is 0 Å². The first-order valence-corrected chi connectivity index (χ1v) is 5.76. The molecule has 0 saturated heterocycles. The molecule has 3 rings (SSSR count). The van der Waals surface area contributed by atoms with Crippen molar-refractivity contribution in [2.45, 2.75) is 18.9 Å². The number of hydrogen-bond acceptors (Lipinski definition) is 3. The van der Waals surface area contributed by atoms with E-state index in [2.05, 4.69) is 11.2 Å². The van der Waals surface area contributed by atoms with Gasteiger partial charge in [-0.3, -0.25) is 4.68 Å². The summed E-state index contributed by atoms with van der Waals surface area (Å²) in [6.07, 6.45) is 4.10. The van der Waals surface area contributed by atoms with E-state index < -0.39 is 0 Å². The molecule has 17 heavy (non-hydrogen) atoms. The van der Waals surface area contributed by atoms with Crippen LogP contribution in [0.1, 0.15) is 17.9 Å². The third kappa shape index (κ3) is 1.98.